The third kappa shape index (κ3) is 4.17. The van der Waals surface area contributed by atoms with E-state index in [1.165, 1.54) is 11.3 Å². The van der Waals surface area contributed by atoms with Crippen molar-refractivity contribution in [2.75, 3.05) is 27.9 Å². The van der Waals surface area contributed by atoms with Gasteiger partial charge in [0.05, 0.1) is 32.6 Å². The SMILES string of the molecule is COc1ccc(-c2nc3scc(CCNC(=O)c4ccccc4OC)n3n2)cc1OC. The lowest BCUT2D eigenvalue weighted by molar-refractivity contribution is 0.0951. The van der Waals surface area contributed by atoms with E-state index in [1.54, 1.807) is 33.5 Å². The van der Waals surface area contributed by atoms with Crippen LogP contribution in [-0.4, -0.2) is 48.4 Å². The van der Waals surface area contributed by atoms with Gasteiger partial charge in [0, 0.05) is 23.9 Å². The van der Waals surface area contributed by atoms with Crippen LogP contribution in [0.15, 0.2) is 47.8 Å². The number of amides is 1. The summed E-state index contributed by atoms with van der Waals surface area (Å²) < 4.78 is 17.7. The highest BCUT2D eigenvalue weighted by molar-refractivity contribution is 7.15. The number of carbonyl (C=O) groups is 1. The number of thiazole rings is 1. The monoisotopic (exact) mass is 438 g/mol. The lowest BCUT2D eigenvalue weighted by Crippen LogP contribution is -2.26. The molecular weight excluding hydrogens is 416 g/mol. The van der Waals surface area contributed by atoms with E-state index in [1.807, 2.05) is 40.2 Å². The number of carbonyl (C=O) groups excluding carboxylic acids is 1. The van der Waals surface area contributed by atoms with Crippen LogP contribution in [0.2, 0.25) is 0 Å². The second-order valence-corrected chi connectivity index (χ2v) is 7.47. The van der Waals surface area contributed by atoms with Gasteiger partial charge >= 0.3 is 0 Å². The van der Waals surface area contributed by atoms with Gasteiger partial charge in [-0.25, -0.2) is 4.52 Å². The number of rotatable bonds is 8. The second kappa shape index (κ2) is 9.05. The van der Waals surface area contributed by atoms with Crippen molar-refractivity contribution in [3.05, 3.63) is 59.1 Å². The van der Waals surface area contributed by atoms with Crippen LogP contribution in [0.4, 0.5) is 0 Å². The Morgan fingerprint density at radius 3 is 2.58 bits per heavy atom. The van der Waals surface area contributed by atoms with Gasteiger partial charge in [0.15, 0.2) is 17.3 Å². The third-order valence-electron chi connectivity index (χ3n) is 4.81. The Hall–Kier alpha value is -3.59. The molecule has 9 heteroatoms. The first kappa shape index (κ1) is 20.7. The second-order valence-electron chi connectivity index (χ2n) is 6.63. The Labute approximate surface area is 183 Å². The molecule has 1 amide bonds. The molecular formula is C22H22N4O4S. The largest absolute Gasteiger partial charge is 0.496 e. The van der Waals surface area contributed by atoms with Gasteiger partial charge in [-0.05, 0) is 30.3 Å². The van der Waals surface area contributed by atoms with Gasteiger partial charge in [-0.3, -0.25) is 4.79 Å². The average Bonchev–Trinajstić information content (AvgIpc) is 3.40. The Morgan fingerprint density at radius 1 is 1.03 bits per heavy atom. The number of aromatic nitrogens is 3. The zero-order valence-corrected chi connectivity index (χ0v) is 18.2. The van der Waals surface area contributed by atoms with Crippen molar-refractivity contribution in [2.45, 2.75) is 6.42 Å². The molecule has 0 saturated heterocycles. The summed E-state index contributed by atoms with van der Waals surface area (Å²) in [5.41, 5.74) is 2.32. The topological polar surface area (TPSA) is 87.0 Å². The standard InChI is InChI=1S/C22H22N4O4S/c1-28-17-7-5-4-6-16(17)21(27)23-11-10-15-13-31-22-24-20(25-26(15)22)14-8-9-18(29-2)19(12-14)30-3/h4-9,12-13H,10-11H2,1-3H3,(H,23,27). The van der Waals surface area contributed by atoms with E-state index in [2.05, 4.69) is 15.4 Å². The first-order valence-electron chi connectivity index (χ1n) is 9.61. The van der Waals surface area contributed by atoms with Crippen LogP contribution in [0, 0.1) is 0 Å². The number of nitrogens with one attached hydrogen (secondary N) is 1. The Morgan fingerprint density at radius 2 is 1.81 bits per heavy atom. The maximum absolute atomic E-state index is 12.5. The molecule has 4 rings (SSSR count). The minimum Gasteiger partial charge on any atom is -0.496 e. The molecule has 0 bridgehead atoms. The van der Waals surface area contributed by atoms with Gasteiger partial charge in [-0.15, -0.1) is 16.4 Å². The van der Waals surface area contributed by atoms with Crippen molar-refractivity contribution in [2.24, 2.45) is 0 Å². The fraction of sp³-hybridized carbons (Fsp3) is 0.227. The maximum Gasteiger partial charge on any atom is 0.255 e. The molecule has 0 aliphatic heterocycles. The van der Waals surface area contributed by atoms with E-state index < -0.39 is 0 Å². The summed E-state index contributed by atoms with van der Waals surface area (Å²) in [6.07, 6.45) is 0.621. The first-order valence-corrected chi connectivity index (χ1v) is 10.5. The zero-order valence-electron chi connectivity index (χ0n) is 17.4. The molecule has 2 heterocycles. The lowest BCUT2D eigenvalue weighted by Gasteiger charge is -2.08. The first-order chi connectivity index (χ1) is 15.1. The smallest absolute Gasteiger partial charge is 0.255 e. The van der Waals surface area contributed by atoms with Crippen LogP contribution in [0.25, 0.3) is 16.3 Å². The molecule has 31 heavy (non-hydrogen) atoms. The molecule has 0 radical (unpaired) electrons. The Bertz CT molecular complexity index is 1220. The van der Waals surface area contributed by atoms with Gasteiger partial charge in [-0.2, -0.15) is 4.98 Å². The molecule has 0 saturated carbocycles. The van der Waals surface area contributed by atoms with E-state index in [0.29, 0.717) is 41.6 Å². The summed E-state index contributed by atoms with van der Waals surface area (Å²) in [4.78, 5) is 17.9. The van der Waals surface area contributed by atoms with Crippen molar-refractivity contribution in [1.82, 2.24) is 19.9 Å². The fourth-order valence-corrected chi connectivity index (χ4v) is 4.08. The number of fused-ring (bicyclic) bond motifs is 1. The molecule has 1 N–H and O–H groups in total. The zero-order chi connectivity index (χ0) is 21.8. The van der Waals surface area contributed by atoms with Crippen molar-refractivity contribution < 1.29 is 19.0 Å². The maximum atomic E-state index is 12.5. The molecule has 8 nitrogen and oxygen atoms in total. The fourth-order valence-electron chi connectivity index (χ4n) is 3.23. The number of hydrogen-bond acceptors (Lipinski definition) is 7. The van der Waals surface area contributed by atoms with E-state index in [-0.39, 0.29) is 5.91 Å². The Balaban J connectivity index is 1.48. The van der Waals surface area contributed by atoms with Gasteiger partial charge in [-0.1, -0.05) is 12.1 Å². The molecule has 4 aromatic rings. The van der Waals surface area contributed by atoms with Gasteiger partial charge in [0.1, 0.15) is 5.75 Å². The summed E-state index contributed by atoms with van der Waals surface area (Å²) in [6, 6.07) is 12.7. The predicted molar refractivity (Wildman–Crippen MR) is 118 cm³/mol. The van der Waals surface area contributed by atoms with Crippen molar-refractivity contribution in [3.8, 4) is 28.6 Å². The van der Waals surface area contributed by atoms with Crippen molar-refractivity contribution in [3.63, 3.8) is 0 Å². The molecule has 2 aromatic carbocycles. The van der Waals surface area contributed by atoms with Crippen molar-refractivity contribution in [1.29, 1.82) is 0 Å². The minimum atomic E-state index is -0.173. The minimum absolute atomic E-state index is 0.173. The molecule has 0 spiro atoms. The van der Waals surface area contributed by atoms with Gasteiger partial charge in [0.2, 0.25) is 4.96 Å². The number of hydrogen-bond donors (Lipinski definition) is 1. The lowest BCUT2D eigenvalue weighted by atomic mass is 10.2. The molecule has 2 aromatic heterocycles. The quantitative estimate of drug-likeness (QED) is 0.453. The molecule has 0 atom stereocenters. The summed E-state index contributed by atoms with van der Waals surface area (Å²) >= 11 is 1.51. The number of para-hydroxylation sites is 1. The van der Waals surface area contributed by atoms with Crippen LogP contribution in [0.1, 0.15) is 16.1 Å². The molecule has 0 unspecified atom stereocenters. The van der Waals surface area contributed by atoms with E-state index in [0.717, 1.165) is 16.2 Å². The molecule has 0 aliphatic rings. The third-order valence-corrected chi connectivity index (χ3v) is 5.67. The predicted octanol–water partition coefficient (Wildman–Crippen LogP) is 3.46. The van der Waals surface area contributed by atoms with Crippen LogP contribution < -0.4 is 19.5 Å². The normalized spacial score (nSPS) is 10.8. The van der Waals surface area contributed by atoms with Crippen LogP contribution in [-0.2, 0) is 6.42 Å². The van der Waals surface area contributed by atoms with Crippen LogP contribution in [0.3, 0.4) is 0 Å². The molecule has 160 valence electrons. The van der Waals surface area contributed by atoms with Crippen LogP contribution >= 0.6 is 11.3 Å². The number of benzene rings is 2. The molecule has 0 fully saturated rings. The summed E-state index contributed by atoms with van der Waals surface area (Å²) in [5.74, 6) is 2.26. The summed E-state index contributed by atoms with van der Waals surface area (Å²) in [7, 11) is 4.74. The van der Waals surface area contributed by atoms with Crippen molar-refractivity contribution >= 4 is 22.2 Å². The highest BCUT2D eigenvalue weighted by atomic mass is 32.1. The molecule has 0 aliphatic carbocycles. The average molecular weight is 439 g/mol. The summed E-state index contributed by atoms with van der Waals surface area (Å²) in [5, 5.41) is 9.58. The highest BCUT2D eigenvalue weighted by Gasteiger charge is 2.15. The number of nitrogens with zero attached hydrogens (tertiary/aromatic N) is 3. The van der Waals surface area contributed by atoms with Gasteiger partial charge in [0.25, 0.3) is 5.91 Å². The van der Waals surface area contributed by atoms with E-state index >= 15 is 0 Å². The highest BCUT2D eigenvalue weighted by Crippen LogP contribution is 2.31. The van der Waals surface area contributed by atoms with Crippen LogP contribution in [0.5, 0.6) is 17.2 Å². The van der Waals surface area contributed by atoms with E-state index in [4.69, 9.17) is 14.2 Å². The summed E-state index contributed by atoms with van der Waals surface area (Å²) in [6.45, 7) is 0.467. The van der Waals surface area contributed by atoms with E-state index in [9.17, 15) is 4.79 Å². The van der Waals surface area contributed by atoms with Gasteiger partial charge < -0.3 is 19.5 Å². The Kier molecular flexibility index (Phi) is 6.03. The number of methoxy groups -OCH3 is 3. The number of ether oxygens (including phenoxy) is 3.